The van der Waals surface area contributed by atoms with Crippen molar-refractivity contribution < 1.29 is 9.59 Å². The molecule has 2 N–H and O–H groups in total. The molecule has 0 bridgehead atoms. The lowest BCUT2D eigenvalue weighted by Crippen LogP contribution is -2.57. The predicted molar refractivity (Wildman–Crippen MR) is 93.7 cm³/mol. The van der Waals surface area contributed by atoms with Crippen molar-refractivity contribution in [3.05, 3.63) is 22.4 Å². The SMILES string of the molecule is Cl.NCCN1C(=O)CC[C@H]2CN(C(=O)Cc3cccs3)CC[C@H]21. The lowest BCUT2D eigenvalue weighted by atomic mass is 9.83. The number of thiophene rings is 1. The van der Waals surface area contributed by atoms with E-state index in [-0.39, 0.29) is 30.3 Å². The summed E-state index contributed by atoms with van der Waals surface area (Å²) in [6, 6.07) is 4.27. The summed E-state index contributed by atoms with van der Waals surface area (Å²) in [6.45, 7) is 2.68. The number of halogens is 1. The lowest BCUT2D eigenvalue weighted by molar-refractivity contribution is -0.143. The molecule has 0 spiro atoms. The Morgan fingerprint density at radius 2 is 2.22 bits per heavy atom. The van der Waals surface area contributed by atoms with Gasteiger partial charge in [0.2, 0.25) is 11.8 Å². The number of piperidine rings is 2. The summed E-state index contributed by atoms with van der Waals surface area (Å²) >= 11 is 1.63. The molecule has 0 radical (unpaired) electrons. The van der Waals surface area contributed by atoms with Crippen LogP contribution in [0.3, 0.4) is 0 Å². The van der Waals surface area contributed by atoms with Crippen LogP contribution >= 0.6 is 23.7 Å². The summed E-state index contributed by atoms with van der Waals surface area (Å²) in [5.41, 5.74) is 5.64. The quantitative estimate of drug-likeness (QED) is 0.888. The molecule has 128 valence electrons. The Bertz CT molecular complexity index is 537. The van der Waals surface area contributed by atoms with Crippen LogP contribution in [0.25, 0.3) is 0 Å². The average molecular weight is 358 g/mol. The molecule has 2 fully saturated rings. The number of carbonyl (C=O) groups is 2. The van der Waals surface area contributed by atoms with E-state index < -0.39 is 0 Å². The number of carbonyl (C=O) groups excluding carboxylic acids is 2. The molecule has 2 atom stereocenters. The Morgan fingerprint density at radius 3 is 2.91 bits per heavy atom. The van der Waals surface area contributed by atoms with E-state index in [0.717, 1.165) is 30.8 Å². The highest BCUT2D eigenvalue weighted by molar-refractivity contribution is 7.10. The second kappa shape index (κ2) is 8.13. The number of amides is 2. The van der Waals surface area contributed by atoms with E-state index in [0.29, 0.717) is 31.8 Å². The minimum Gasteiger partial charge on any atom is -0.342 e. The Morgan fingerprint density at radius 1 is 1.39 bits per heavy atom. The molecular weight excluding hydrogens is 334 g/mol. The van der Waals surface area contributed by atoms with Gasteiger partial charge in [0.1, 0.15) is 0 Å². The van der Waals surface area contributed by atoms with Gasteiger partial charge in [-0.15, -0.1) is 23.7 Å². The molecule has 0 unspecified atom stereocenters. The molecule has 23 heavy (non-hydrogen) atoms. The smallest absolute Gasteiger partial charge is 0.227 e. The molecule has 7 heteroatoms. The molecule has 0 saturated carbocycles. The first kappa shape index (κ1) is 18.2. The van der Waals surface area contributed by atoms with Gasteiger partial charge in [0.15, 0.2) is 0 Å². The van der Waals surface area contributed by atoms with E-state index in [9.17, 15) is 9.59 Å². The number of nitrogens with zero attached hydrogens (tertiary/aromatic N) is 2. The zero-order valence-corrected chi connectivity index (χ0v) is 14.8. The fraction of sp³-hybridized carbons (Fsp3) is 0.625. The molecule has 1 aromatic rings. The van der Waals surface area contributed by atoms with Crippen molar-refractivity contribution in [1.82, 2.24) is 9.80 Å². The maximum absolute atomic E-state index is 12.4. The van der Waals surface area contributed by atoms with Gasteiger partial charge in [0.25, 0.3) is 0 Å². The van der Waals surface area contributed by atoms with E-state index in [1.165, 1.54) is 0 Å². The molecule has 1 aromatic heterocycles. The summed E-state index contributed by atoms with van der Waals surface area (Å²) < 4.78 is 0. The van der Waals surface area contributed by atoms with Gasteiger partial charge in [0.05, 0.1) is 6.42 Å². The predicted octanol–water partition coefficient (Wildman–Crippen LogP) is 1.51. The van der Waals surface area contributed by atoms with Gasteiger partial charge >= 0.3 is 0 Å². The summed E-state index contributed by atoms with van der Waals surface area (Å²) in [5.74, 6) is 0.846. The van der Waals surface area contributed by atoms with Crippen molar-refractivity contribution in [3.63, 3.8) is 0 Å². The first-order valence-corrected chi connectivity index (χ1v) is 8.86. The Balaban J connectivity index is 0.00000192. The Hall–Kier alpha value is -1.11. The van der Waals surface area contributed by atoms with Crippen LogP contribution in [0.2, 0.25) is 0 Å². The summed E-state index contributed by atoms with van der Waals surface area (Å²) in [4.78, 5) is 29.6. The number of rotatable bonds is 4. The van der Waals surface area contributed by atoms with E-state index in [2.05, 4.69) is 0 Å². The van der Waals surface area contributed by atoms with Crippen LogP contribution < -0.4 is 5.73 Å². The van der Waals surface area contributed by atoms with Crippen molar-refractivity contribution in [2.24, 2.45) is 11.7 Å². The minimum absolute atomic E-state index is 0. The number of fused-ring (bicyclic) bond motifs is 1. The van der Waals surface area contributed by atoms with Crippen molar-refractivity contribution in [2.75, 3.05) is 26.2 Å². The van der Waals surface area contributed by atoms with E-state index in [1.54, 1.807) is 11.3 Å². The Kier molecular flexibility index (Phi) is 6.44. The maximum atomic E-state index is 12.4. The third kappa shape index (κ3) is 4.05. The fourth-order valence-corrected chi connectivity index (χ4v) is 4.38. The molecular formula is C16H24ClN3O2S. The monoisotopic (exact) mass is 357 g/mol. The van der Waals surface area contributed by atoms with Gasteiger partial charge in [-0.3, -0.25) is 9.59 Å². The van der Waals surface area contributed by atoms with Crippen molar-refractivity contribution >= 4 is 35.6 Å². The van der Waals surface area contributed by atoms with E-state index in [4.69, 9.17) is 5.73 Å². The normalized spacial score (nSPS) is 24.1. The minimum atomic E-state index is 0. The highest BCUT2D eigenvalue weighted by Gasteiger charge is 2.39. The van der Waals surface area contributed by atoms with Gasteiger partial charge in [-0.25, -0.2) is 0 Å². The second-order valence-electron chi connectivity index (χ2n) is 6.13. The highest BCUT2D eigenvalue weighted by atomic mass is 35.5. The molecule has 2 aliphatic heterocycles. The van der Waals surface area contributed by atoms with Crippen LogP contribution in [0.5, 0.6) is 0 Å². The van der Waals surface area contributed by atoms with Crippen molar-refractivity contribution in [1.29, 1.82) is 0 Å². The number of hydrogen-bond donors (Lipinski definition) is 1. The highest BCUT2D eigenvalue weighted by Crippen LogP contribution is 2.31. The van der Waals surface area contributed by atoms with E-state index in [1.807, 2.05) is 27.3 Å². The van der Waals surface area contributed by atoms with Crippen molar-refractivity contribution in [2.45, 2.75) is 31.7 Å². The number of nitrogens with two attached hydrogens (primary N) is 1. The zero-order valence-electron chi connectivity index (χ0n) is 13.1. The third-order valence-corrected chi connectivity index (χ3v) is 5.65. The zero-order chi connectivity index (χ0) is 15.5. The van der Waals surface area contributed by atoms with Gasteiger partial charge in [-0.2, -0.15) is 0 Å². The van der Waals surface area contributed by atoms with Crippen LogP contribution in [-0.2, 0) is 16.0 Å². The molecule has 5 nitrogen and oxygen atoms in total. The number of hydrogen-bond acceptors (Lipinski definition) is 4. The van der Waals surface area contributed by atoms with Gasteiger partial charge in [0, 0.05) is 43.5 Å². The van der Waals surface area contributed by atoms with Gasteiger partial charge in [-0.1, -0.05) is 6.07 Å². The Labute approximate surface area is 147 Å². The van der Waals surface area contributed by atoms with Crippen LogP contribution in [0.4, 0.5) is 0 Å². The van der Waals surface area contributed by atoms with E-state index >= 15 is 0 Å². The molecule has 2 amide bonds. The third-order valence-electron chi connectivity index (χ3n) is 4.77. The van der Waals surface area contributed by atoms with Crippen LogP contribution in [0.15, 0.2) is 17.5 Å². The van der Waals surface area contributed by atoms with Crippen LogP contribution in [0.1, 0.15) is 24.1 Å². The summed E-state index contributed by atoms with van der Waals surface area (Å²) in [5, 5.41) is 2.01. The molecule has 2 aliphatic rings. The van der Waals surface area contributed by atoms with Gasteiger partial charge < -0.3 is 15.5 Å². The van der Waals surface area contributed by atoms with Gasteiger partial charge in [-0.05, 0) is 30.2 Å². The molecule has 0 aliphatic carbocycles. The van der Waals surface area contributed by atoms with Crippen LogP contribution in [0, 0.1) is 5.92 Å². The largest absolute Gasteiger partial charge is 0.342 e. The summed E-state index contributed by atoms with van der Waals surface area (Å²) in [6.07, 6.45) is 2.87. The molecule has 3 rings (SSSR count). The second-order valence-corrected chi connectivity index (χ2v) is 7.16. The van der Waals surface area contributed by atoms with Crippen LogP contribution in [-0.4, -0.2) is 53.8 Å². The van der Waals surface area contributed by atoms with Crippen molar-refractivity contribution in [3.8, 4) is 0 Å². The standard InChI is InChI=1S/C16H23N3O2S.ClH/c17-6-8-19-14-5-7-18(11-12(14)3-4-15(19)20)16(21)10-13-2-1-9-22-13;/h1-2,9,12,14H,3-8,10-11,17H2;1H/t12-,14+;/m0./s1. The average Bonchev–Trinajstić information content (AvgIpc) is 3.02. The fourth-order valence-electron chi connectivity index (χ4n) is 3.68. The molecule has 2 saturated heterocycles. The first-order chi connectivity index (χ1) is 10.7. The number of likely N-dealkylation sites (tertiary alicyclic amines) is 2. The topological polar surface area (TPSA) is 66.6 Å². The summed E-state index contributed by atoms with van der Waals surface area (Å²) in [7, 11) is 0. The maximum Gasteiger partial charge on any atom is 0.227 e. The molecule has 3 heterocycles. The molecule has 0 aromatic carbocycles. The first-order valence-electron chi connectivity index (χ1n) is 7.98. The lowest BCUT2D eigenvalue weighted by Gasteiger charge is -2.47.